The number of aryl methyl sites for hydroxylation is 1. The van der Waals surface area contributed by atoms with Crippen LogP contribution in [0.5, 0.6) is 5.88 Å². The van der Waals surface area contributed by atoms with Gasteiger partial charge < -0.3 is 10.1 Å². The Labute approximate surface area is 143 Å². The maximum atomic E-state index is 12.4. The number of carbonyl (C=O) groups is 1. The number of hydrogen-bond donors (Lipinski definition) is 1. The van der Waals surface area contributed by atoms with E-state index in [1.165, 1.54) is 11.3 Å². The zero-order chi connectivity index (χ0) is 16.9. The predicted octanol–water partition coefficient (Wildman–Crippen LogP) is 2.85. The molecule has 0 bridgehead atoms. The molecule has 24 heavy (non-hydrogen) atoms. The Balaban J connectivity index is 1.69. The summed E-state index contributed by atoms with van der Waals surface area (Å²) in [5.41, 5.74) is 2.37. The van der Waals surface area contributed by atoms with E-state index in [1.807, 2.05) is 31.2 Å². The van der Waals surface area contributed by atoms with Crippen LogP contribution in [0.4, 0.5) is 0 Å². The largest absolute Gasteiger partial charge is 0.481 e. The van der Waals surface area contributed by atoms with Gasteiger partial charge in [-0.05, 0) is 24.6 Å². The first-order valence-corrected chi connectivity index (χ1v) is 8.15. The minimum absolute atomic E-state index is 0.150. The van der Waals surface area contributed by atoms with E-state index in [2.05, 4.69) is 20.3 Å². The molecule has 0 unspecified atom stereocenters. The lowest BCUT2D eigenvalue weighted by Gasteiger charge is -2.05. The van der Waals surface area contributed by atoms with Gasteiger partial charge in [-0.2, -0.15) is 0 Å². The molecule has 6 nitrogen and oxygen atoms in total. The van der Waals surface area contributed by atoms with Crippen molar-refractivity contribution in [2.24, 2.45) is 0 Å². The molecule has 122 valence electrons. The lowest BCUT2D eigenvalue weighted by Crippen LogP contribution is -2.22. The molecule has 1 N–H and O–H groups in total. The van der Waals surface area contributed by atoms with Crippen LogP contribution in [0.3, 0.4) is 0 Å². The first-order valence-electron chi connectivity index (χ1n) is 7.33. The van der Waals surface area contributed by atoms with E-state index >= 15 is 0 Å². The van der Waals surface area contributed by atoms with E-state index in [9.17, 15) is 4.79 Å². The minimum Gasteiger partial charge on any atom is -0.481 e. The lowest BCUT2D eigenvalue weighted by atomic mass is 10.3. The number of pyridine rings is 2. The van der Waals surface area contributed by atoms with Crippen molar-refractivity contribution in [3.05, 3.63) is 58.9 Å². The molecule has 3 aromatic rings. The second kappa shape index (κ2) is 7.18. The fourth-order valence-electron chi connectivity index (χ4n) is 2.10. The number of hydrogen-bond acceptors (Lipinski definition) is 6. The van der Waals surface area contributed by atoms with Gasteiger partial charge in [-0.25, -0.2) is 9.97 Å². The molecule has 3 aromatic heterocycles. The first-order chi connectivity index (χ1) is 11.7. The Kier molecular flexibility index (Phi) is 4.81. The predicted molar refractivity (Wildman–Crippen MR) is 92.0 cm³/mol. The van der Waals surface area contributed by atoms with E-state index in [0.29, 0.717) is 23.0 Å². The van der Waals surface area contributed by atoms with E-state index in [0.717, 1.165) is 16.3 Å². The van der Waals surface area contributed by atoms with Crippen molar-refractivity contribution in [3.63, 3.8) is 0 Å². The summed E-state index contributed by atoms with van der Waals surface area (Å²) >= 11 is 1.34. The van der Waals surface area contributed by atoms with Crippen molar-refractivity contribution < 1.29 is 9.53 Å². The topological polar surface area (TPSA) is 77.0 Å². The third-order valence-corrected chi connectivity index (χ3v) is 4.53. The summed E-state index contributed by atoms with van der Waals surface area (Å²) in [4.78, 5) is 25.8. The molecule has 0 fully saturated rings. The molecule has 7 heteroatoms. The number of amides is 1. The van der Waals surface area contributed by atoms with Crippen LogP contribution in [0.15, 0.2) is 42.7 Å². The number of nitrogens with one attached hydrogen (secondary N) is 1. The van der Waals surface area contributed by atoms with Crippen molar-refractivity contribution >= 4 is 17.2 Å². The van der Waals surface area contributed by atoms with Crippen LogP contribution in [0.1, 0.15) is 20.9 Å². The van der Waals surface area contributed by atoms with Crippen LogP contribution in [-0.4, -0.2) is 28.0 Å². The van der Waals surface area contributed by atoms with Crippen LogP contribution in [-0.2, 0) is 6.54 Å². The van der Waals surface area contributed by atoms with Gasteiger partial charge in [-0.3, -0.25) is 9.78 Å². The first kappa shape index (κ1) is 16.1. The maximum Gasteiger partial charge on any atom is 0.263 e. The number of nitrogens with zero attached hydrogens (tertiary/aromatic N) is 3. The standard InChI is InChI=1S/C17H16N4O2S/c1-11-15(24-17(21-11)13-5-3-4-8-18-13)16(22)20-10-12-6-7-14(23-2)19-9-12/h3-9H,10H2,1-2H3,(H,20,22). The molecular weight excluding hydrogens is 324 g/mol. The number of rotatable bonds is 5. The highest BCUT2D eigenvalue weighted by molar-refractivity contribution is 7.17. The van der Waals surface area contributed by atoms with Gasteiger partial charge in [0.05, 0.1) is 18.5 Å². The Morgan fingerprint density at radius 1 is 1.25 bits per heavy atom. The number of aromatic nitrogens is 3. The number of thiazole rings is 1. The SMILES string of the molecule is COc1ccc(CNC(=O)c2sc(-c3ccccn3)nc2C)cn1. The lowest BCUT2D eigenvalue weighted by molar-refractivity contribution is 0.0954. The Hall–Kier alpha value is -2.80. The van der Waals surface area contributed by atoms with Crippen molar-refractivity contribution in [2.75, 3.05) is 7.11 Å². The Bertz CT molecular complexity index is 832. The second-order valence-electron chi connectivity index (χ2n) is 5.04. The molecule has 3 rings (SSSR count). The van der Waals surface area contributed by atoms with Crippen molar-refractivity contribution in [1.82, 2.24) is 20.3 Å². The average Bonchev–Trinajstić information content (AvgIpc) is 3.03. The molecule has 0 aromatic carbocycles. The normalized spacial score (nSPS) is 10.4. The van der Waals surface area contributed by atoms with E-state index in [-0.39, 0.29) is 5.91 Å². The van der Waals surface area contributed by atoms with Gasteiger partial charge >= 0.3 is 0 Å². The minimum atomic E-state index is -0.150. The highest BCUT2D eigenvalue weighted by atomic mass is 32.1. The summed E-state index contributed by atoms with van der Waals surface area (Å²) < 4.78 is 5.01. The Morgan fingerprint density at radius 3 is 2.79 bits per heavy atom. The van der Waals surface area contributed by atoms with E-state index in [1.54, 1.807) is 25.6 Å². The average molecular weight is 340 g/mol. The molecule has 0 saturated carbocycles. The monoisotopic (exact) mass is 340 g/mol. The summed E-state index contributed by atoms with van der Waals surface area (Å²) in [6.07, 6.45) is 3.39. The fraction of sp³-hybridized carbons (Fsp3) is 0.176. The quantitative estimate of drug-likeness (QED) is 0.773. The molecule has 0 aliphatic rings. The number of carbonyl (C=O) groups excluding carboxylic acids is 1. The van der Waals surface area contributed by atoms with Gasteiger partial charge in [0.2, 0.25) is 5.88 Å². The molecular formula is C17H16N4O2S. The molecule has 0 aliphatic carbocycles. The van der Waals surface area contributed by atoms with Gasteiger partial charge in [0.15, 0.2) is 0 Å². The van der Waals surface area contributed by atoms with Gasteiger partial charge in [0.25, 0.3) is 5.91 Å². The number of ether oxygens (including phenoxy) is 1. The summed E-state index contributed by atoms with van der Waals surface area (Å²) in [5, 5.41) is 3.63. The van der Waals surface area contributed by atoms with E-state index in [4.69, 9.17) is 4.74 Å². The zero-order valence-electron chi connectivity index (χ0n) is 13.3. The van der Waals surface area contributed by atoms with Crippen molar-refractivity contribution in [1.29, 1.82) is 0 Å². The van der Waals surface area contributed by atoms with Crippen LogP contribution in [0.25, 0.3) is 10.7 Å². The van der Waals surface area contributed by atoms with E-state index < -0.39 is 0 Å². The second-order valence-corrected chi connectivity index (χ2v) is 6.04. The van der Waals surface area contributed by atoms with Gasteiger partial charge in [0, 0.05) is 25.0 Å². The highest BCUT2D eigenvalue weighted by Gasteiger charge is 2.16. The zero-order valence-corrected chi connectivity index (χ0v) is 14.1. The third-order valence-electron chi connectivity index (χ3n) is 3.35. The van der Waals surface area contributed by atoms with Crippen LogP contribution in [0, 0.1) is 6.92 Å². The van der Waals surface area contributed by atoms with Gasteiger partial charge in [-0.1, -0.05) is 12.1 Å². The van der Waals surface area contributed by atoms with Gasteiger partial charge in [0.1, 0.15) is 9.88 Å². The maximum absolute atomic E-state index is 12.4. The molecule has 1 amide bonds. The molecule has 0 spiro atoms. The molecule has 0 radical (unpaired) electrons. The van der Waals surface area contributed by atoms with Crippen molar-refractivity contribution in [2.45, 2.75) is 13.5 Å². The summed E-state index contributed by atoms with van der Waals surface area (Å²) in [5.74, 6) is 0.395. The summed E-state index contributed by atoms with van der Waals surface area (Å²) in [7, 11) is 1.57. The molecule has 0 atom stereocenters. The summed E-state index contributed by atoms with van der Waals surface area (Å²) in [6.45, 7) is 2.22. The molecule has 3 heterocycles. The van der Waals surface area contributed by atoms with Crippen LogP contribution >= 0.6 is 11.3 Å². The number of methoxy groups -OCH3 is 1. The third kappa shape index (κ3) is 3.57. The Morgan fingerprint density at radius 2 is 2.12 bits per heavy atom. The summed E-state index contributed by atoms with van der Waals surface area (Å²) in [6, 6.07) is 9.25. The fourth-order valence-corrected chi connectivity index (χ4v) is 3.06. The smallest absolute Gasteiger partial charge is 0.263 e. The van der Waals surface area contributed by atoms with Crippen molar-refractivity contribution in [3.8, 4) is 16.6 Å². The van der Waals surface area contributed by atoms with Gasteiger partial charge in [-0.15, -0.1) is 11.3 Å². The molecule has 0 aliphatic heterocycles. The van der Waals surface area contributed by atoms with Crippen LogP contribution in [0.2, 0.25) is 0 Å². The highest BCUT2D eigenvalue weighted by Crippen LogP contribution is 2.26. The van der Waals surface area contributed by atoms with Crippen LogP contribution < -0.4 is 10.1 Å². The molecule has 0 saturated heterocycles.